The zero-order valence-corrected chi connectivity index (χ0v) is 9.41. The highest BCUT2D eigenvalue weighted by molar-refractivity contribution is 6.32. The van der Waals surface area contributed by atoms with E-state index in [1.54, 1.807) is 6.07 Å². The molecule has 0 saturated heterocycles. The number of hydrogen-bond donors (Lipinski definition) is 1. The minimum Gasteiger partial charge on any atom is -0.481 e. The van der Waals surface area contributed by atoms with Crippen LogP contribution in [0.25, 0.3) is 11.1 Å². The molecule has 0 atom stereocenters. The minimum atomic E-state index is -0.864. The smallest absolute Gasteiger partial charge is 0.303 e. The van der Waals surface area contributed by atoms with Crippen molar-refractivity contribution in [3.05, 3.63) is 28.6 Å². The van der Waals surface area contributed by atoms with E-state index in [-0.39, 0.29) is 6.42 Å². The van der Waals surface area contributed by atoms with Crippen molar-refractivity contribution >= 4 is 28.7 Å². The van der Waals surface area contributed by atoms with E-state index in [1.807, 2.05) is 13.0 Å². The Morgan fingerprint density at radius 1 is 1.56 bits per heavy atom. The van der Waals surface area contributed by atoms with Gasteiger partial charge in [0, 0.05) is 17.5 Å². The number of benzene rings is 1. The summed E-state index contributed by atoms with van der Waals surface area (Å²) in [5, 5.41) is 9.17. The van der Waals surface area contributed by atoms with Crippen LogP contribution < -0.4 is 0 Å². The fourth-order valence-corrected chi connectivity index (χ4v) is 1.58. The quantitative estimate of drug-likeness (QED) is 0.895. The van der Waals surface area contributed by atoms with Crippen molar-refractivity contribution in [3.63, 3.8) is 0 Å². The summed E-state index contributed by atoms with van der Waals surface area (Å²) in [5.41, 5.74) is 2.23. The molecule has 84 valence electrons. The third-order valence-electron chi connectivity index (χ3n) is 2.27. The van der Waals surface area contributed by atoms with Gasteiger partial charge in [-0.15, -0.1) is 0 Å². The van der Waals surface area contributed by atoms with Crippen molar-refractivity contribution in [2.24, 2.45) is 0 Å². The number of carbonyl (C=O) groups is 1. The molecule has 16 heavy (non-hydrogen) atoms. The molecule has 2 rings (SSSR count). The molecule has 0 aliphatic carbocycles. The summed E-state index contributed by atoms with van der Waals surface area (Å²) >= 11 is 5.94. The van der Waals surface area contributed by atoms with Gasteiger partial charge in [0.15, 0.2) is 11.5 Å². The van der Waals surface area contributed by atoms with Crippen LogP contribution in [0.5, 0.6) is 0 Å². The summed E-state index contributed by atoms with van der Waals surface area (Å²) in [7, 11) is 0. The van der Waals surface area contributed by atoms with Crippen LogP contribution in [0.3, 0.4) is 0 Å². The Labute approximate surface area is 96.8 Å². The highest BCUT2D eigenvalue weighted by Gasteiger charge is 2.09. The Bertz CT molecular complexity index is 508. The van der Waals surface area contributed by atoms with E-state index >= 15 is 0 Å². The Hall–Kier alpha value is -1.55. The predicted octanol–water partition coefficient (Wildman–Crippen LogP) is 2.81. The average molecular weight is 240 g/mol. The van der Waals surface area contributed by atoms with Crippen LogP contribution in [0.4, 0.5) is 0 Å². The number of aliphatic carboxylic acids is 1. The molecule has 0 aliphatic heterocycles. The predicted molar refractivity (Wildman–Crippen MR) is 59.7 cm³/mol. The summed E-state index contributed by atoms with van der Waals surface area (Å²) in [5.74, 6) is -0.435. The van der Waals surface area contributed by atoms with Gasteiger partial charge in [0.2, 0.25) is 0 Å². The van der Waals surface area contributed by atoms with Gasteiger partial charge in [-0.1, -0.05) is 11.6 Å². The van der Waals surface area contributed by atoms with Gasteiger partial charge in [-0.25, -0.2) is 4.98 Å². The first-order chi connectivity index (χ1) is 7.56. The van der Waals surface area contributed by atoms with Crippen LogP contribution in [0.2, 0.25) is 5.02 Å². The lowest BCUT2D eigenvalue weighted by Gasteiger charge is -1.94. The fraction of sp³-hybridized carbons (Fsp3) is 0.273. The molecule has 4 nitrogen and oxygen atoms in total. The zero-order valence-electron chi connectivity index (χ0n) is 8.66. The van der Waals surface area contributed by atoms with Gasteiger partial charge in [0.25, 0.3) is 0 Å². The van der Waals surface area contributed by atoms with E-state index in [2.05, 4.69) is 4.98 Å². The lowest BCUT2D eigenvalue weighted by molar-refractivity contribution is -0.137. The Morgan fingerprint density at radius 2 is 2.31 bits per heavy atom. The lowest BCUT2D eigenvalue weighted by atomic mass is 10.2. The molecular weight excluding hydrogens is 230 g/mol. The van der Waals surface area contributed by atoms with Gasteiger partial charge in [-0.05, 0) is 18.6 Å². The molecule has 5 heteroatoms. The number of hydrogen-bond acceptors (Lipinski definition) is 3. The second kappa shape index (κ2) is 4.14. The molecule has 0 saturated carbocycles. The van der Waals surface area contributed by atoms with Crippen LogP contribution in [-0.4, -0.2) is 16.1 Å². The molecule has 2 aromatic rings. The molecule has 0 amide bonds. The van der Waals surface area contributed by atoms with E-state index < -0.39 is 5.97 Å². The Morgan fingerprint density at radius 3 is 3.00 bits per heavy atom. The monoisotopic (exact) mass is 239 g/mol. The highest BCUT2D eigenvalue weighted by atomic mass is 35.5. The van der Waals surface area contributed by atoms with E-state index in [1.165, 1.54) is 0 Å². The van der Waals surface area contributed by atoms with E-state index in [0.717, 1.165) is 5.56 Å². The largest absolute Gasteiger partial charge is 0.481 e. The number of nitrogens with zero attached hydrogens (tertiary/aromatic N) is 1. The number of oxazole rings is 1. The fourth-order valence-electron chi connectivity index (χ4n) is 1.42. The molecular formula is C11H10ClNO3. The summed E-state index contributed by atoms with van der Waals surface area (Å²) in [6, 6.07) is 3.52. The third kappa shape index (κ3) is 2.17. The number of fused-ring (bicyclic) bond motifs is 1. The van der Waals surface area contributed by atoms with Gasteiger partial charge >= 0.3 is 5.97 Å². The second-order valence-corrected chi connectivity index (χ2v) is 3.98. The lowest BCUT2D eigenvalue weighted by Crippen LogP contribution is -1.97. The molecule has 1 aromatic heterocycles. The molecule has 0 bridgehead atoms. The van der Waals surface area contributed by atoms with Crippen molar-refractivity contribution in [3.8, 4) is 0 Å². The number of carboxylic acid groups (broad SMARTS) is 1. The van der Waals surface area contributed by atoms with E-state index in [0.29, 0.717) is 28.4 Å². The molecule has 0 aliphatic rings. The van der Waals surface area contributed by atoms with Crippen LogP contribution in [0.15, 0.2) is 16.5 Å². The summed E-state index contributed by atoms with van der Waals surface area (Å²) in [4.78, 5) is 14.6. The van der Waals surface area contributed by atoms with Crippen molar-refractivity contribution in [1.29, 1.82) is 0 Å². The summed E-state index contributed by atoms with van der Waals surface area (Å²) in [6.07, 6.45) is 0.306. The first kappa shape index (κ1) is 11.0. The molecule has 1 heterocycles. The zero-order chi connectivity index (χ0) is 11.7. The summed E-state index contributed by atoms with van der Waals surface area (Å²) < 4.78 is 5.40. The van der Waals surface area contributed by atoms with E-state index in [9.17, 15) is 4.79 Å². The van der Waals surface area contributed by atoms with Gasteiger partial charge in [0.1, 0.15) is 5.52 Å². The first-order valence-electron chi connectivity index (χ1n) is 4.83. The number of aryl methyl sites for hydroxylation is 2. The Kier molecular flexibility index (Phi) is 2.83. The Balaban J connectivity index is 2.33. The highest BCUT2D eigenvalue weighted by Crippen LogP contribution is 2.24. The van der Waals surface area contributed by atoms with Crippen LogP contribution in [-0.2, 0) is 11.2 Å². The standard InChI is InChI=1S/C11H10ClNO3/c1-6-4-8-9(5-7(6)12)16-10(13-8)2-3-11(14)15/h4-5H,2-3H2,1H3,(H,14,15). The number of carboxylic acids is 1. The topological polar surface area (TPSA) is 63.3 Å². The van der Waals surface area contributed by atoms with Gasteiger partial charge < -0.3 is 9.52 Å². The molecule has 0 unspecified atom stereocenters. The maximum absolute atomic E-state index is 10.4. The normalized spacial score (nSPS) is 10.9. The maximum atomic E-state index is 10.4. The number of halogens is 1. The van der Waals surface area contributed by atoms with E-state index in [4.69, 9.17) is 21.1 Å². The SMILES string of the molecule is Cc1cc2nc(CCC(=O)O)oc2cc1Cl. The first-order valence-corrected chi connectivity index (χ1v) is 5.21. The van der Waals surface area contributed by atoms with Crippen molar-refractivity contribution < 1.29 is 14.3 Å². The van der Waals surface area contributed by atoms with Crippen LogP contribution in [0.1, 0.15) is 17.9 Å². The van der Waals surface area contributed by atoms with Crippen LogP contribution >= 0.6 is 11.6 Å². The summed E-state index contributed by atoms with van der Waals surface area (Å²) in [6.45, 7) is 1.88. The number of rotatable bonds is 3. The van der Waals surface area contributed by atoms with Gasteiger partial charge in [-0.3, -0.25) is 4.79 Å². The van der Waals surface area contributed by atoms with Gasteiger partial charge in [0.05, 0.1) is 6.42 Å². The molecule has 1 N–H and O–H groups in total. The maximum Gasteiger partial charge on any atom is 0.303 e. The van der Waals surface area contributed by atoms with Gasteiger partial charge in [-0.2, -0.15) is 0 Å². The molecule has 0 fully saturated rings. The van der Waals surface area contributed by atoms with Crippen molar-refractivity contribution in [2.45, 2.75) is 19.8 Å². The van der Waals surface area contributed by atoms with Crippen LogP contribution in [0, 0.1) is 6.92 Å². The van der Waals surface area contributed by atoms with Crippen molar-refractivity contribution in [2.75, 3.05) is 0 Å². The molecule has 0 spiro atoms. The minimum absolute atomic E-state index is 0.0134. The third-order valence-corrected chi connectivity index (χ3v) is 2.67. The molecule has 0 radical (unpaired) electrons. The second-order valence-electron chi connectivity index (χ2n) is 3.57. The number of aromatic nitrogens is 1. The average Bonchev–Trinajstić information content (AvgIpc) is 2.58. The molecule has 1 aromatic carbocycles. The van der Waals surface area contributed by atoms with Crippen molar-refractivity contribution in [1.82, 2.24) is 4.98 Å².